The average molecular weight is 225 g/mol. The van der Waals surface area contributed by atoms with Gasteiger partial charge in [-0.3, -0.25) is 0 Å². The Morgan fingerprint density at radius 1 is 1.38 bits per heavy atom. The van der Waals surface area contributed by atoms with Crippen LogP contribution < -0.4 is 5.73 Å². The third-order valence-electron chi connectivity index (χ3n) is 2.75. The maximum atomic E-state index is 6.21. The van der Waals surface area contributed by atoms with Crippen LogP contribution in [0.2, 0.25) is 0 Å². The molecular formula is C12H23N3O. The highest BCUT2D eigenvalue weighted by molar-refractivity contribution is 5.02. The Bertz CT molecular complexity index is 318. The average Bonchev–Trinajstić information content (AvgIpc) is 2.67. The van der Waals surface area contributed by atoms with Crippen molar-refractivity contribution in [1.29, 1.82) is 0 Å². The van der Waals surface area contributed by atoms with E-state index in [1.165, 1.54) is 12.8 Å². The maximum Gasteiger partial charge on any atom is 0.229 e. The van der Waals surface area contributed by atoms with E-state index in [4.69, 9.17) is 10.3 Å². The minimum atomic E-state index is -0.466. The van der Waals surface area contributed by atoms with Gasteiger partial charge in [0, 0.05) is 5.92 Å². The number of aromatic nitrogens is 2. The quantitative estimate of drug-likeness (QED) is 0.756. The molecule has 16 heavy (non-hydrogen) atoms. The smallest absolute Gasteiger partial charge is 0.229 e. The molecule has 92 valence electrons. The molecule has 0 amide bonds. The van der Waals surface area contributed by atoms with E-state index in [1.807, 2.05) is 20.8 Å². The molecule has 2 N–H and O–H groups in total. The van der Waals surface area contributed by atoms with Gasteiger partial charge in [0.25, 0.3) is 0 Å². The first-order valence-electron chi connectivity index (χ1n) is 6.10. The second-order valence-electron chi connectivity index (χ2n) is 4.99. The van der Waals surface area contributed by atoms with Crippen molar-refractivity contribution in [3.63, 3.8) is 0 Å². The van der Waals surface area contributed by atoms with Gasteiger partial charge in [0.15, 0.2) is 5.82 Å². The molecule has 0 aromatic carbocycles. The molecule has 0 spiro atoms. The molecule has 0 fully saturated rings. The standard InChI is InChI=1S/C12H23N3O/c1-5-6-7-8-12(4,13)11-14-10(9(2)3)16-15-11/h9H,5-8,13H2,1-4H3. The van der Waals surface area contributed by atoms with Gasteiger partial charge in [-0.25, -0.2) is 0 Å². The zero-order chi connectivity index (χ0) is 12.2. The van der Waals surface area contributed by atoms with Gasteiger partial charge in [0.05, 0.1) is 5.54 Å². The van der Waals surface area contributed by atoms with E-state index >= 15 is 0 Å². The summed E-state index contributed by atoms with van der Waals surface area (Å²) in [5.41, 5.74) is 5.74. The highest BCUT2D eigenvalue weighted by atomic mass is 16.5. The second kappa shape index (κ2) is 5.43. The molecule has 1 aromatic rings. The molecule has 0 radical (unpaired) electrons. The number of hydrogen-bond acceptors (Lipinski definition) is 4. The first-order valence-corrected chi connectivity index (χ1v) is 6.10. The van der Waals surface area contributed by atoms with Crippen molar-refractivity contribution in [1.82, 2.24) is 10.1 Å². The predicted octanol–water partition coefficient (Wildman–Crippen LogP) is 2.95. The summed E-state index contributed by atoms with van der Waals surface area (Å²) in [6, 6.07) is 0. The molecule has 1 heterocycles. The number of unbranched alkanes of at least 4 members (excludes halogenated alkanes) is 2. The van der Waals surface area contributed by atoms with Gasteiger partial charge >= 0.3 is 0 Å². The van der Waals surface area contributed by atoms with Gasteiger partial charge in [-0.05, 0) is 13.3 Å². The number of nitrogens with zero attached hydrogens (tertiary/aromatic N) is 2. The number of hydrogen-bond donors (Lipinski definition) is 1. The Morgan fingerprint density at radius 2 is 2.06 bits per heavy atom. The molecule has 1 unspecified atom stereocenters. The zero-order valence-electron chi connectivity index (χ0n) is 10.8. The summed E-state index contributed by atoms with van der Waals surface area (Å²) in [5.74, 6) is 1.56. The van der Waals surface area contributed by atoms with Crippen molar-refractivity contribution in [3.8, 4) is 0 Å². The van der Waals surface area contributed by atoms with Crippen LogP contribution in [0.25, 0.3) is 0 Å². The Kier molecular flexibility index (Phi) is 4.47. The summed E-state index contributed by atoms with van der Waals surface area (Å²) in [4.78, 5) is 4.36. The molecule has 0 bridgehead atoms. The summed E-state index contributed by atoms with van der Waals surface area (Å²) in [5, 5.41) is 3.98. The van der Waals surface area contributed by atoms with Crippen LogP contribution in [-0.2, 0) is 5.54 Å². The van der Waals surface area contributed by atoms with Crippen LogP contribution in [0.1, 0.15) is 71.0 Å². The molecule has 1 atom stereocenters. The van der Waals surface area contributed by atoms with E-state index in [1.54, 1.807) is 0 Å². The lowest BCUT2D eigenvalue weighted by Gasteiger charge is -2.19. The van der Waals surface area contributed by atoms with Crippen LogP contribution in [0.4, 0.5) is 0 Å². The topological polar surface area (TPSA) is 64.9 Å². The molecule has 0 saturated carbocycles. The van der Waals surface area contributed by atoms with Gasteiger partial charge in [-0.15, -0.1) is 0 Å². The largest absolute Gasteiger partial charge is 0.339 e. The normalized spacial score (nSPS) is 15.4. The van der Waals surface area contributed by atoms with Crippen LogP contribution in [-0.4, -0.2) is 10.1 Å². The maximum absolute atomic E-state index is 6.21. The van der Waals surface area contributed by atoms with Gasteiger partial charge in [0.2, 0.25) is 5.89 Å². The fourth-order valence-electron chi connectivity index (χ4n) is 1.56. The minimum absolute atomic E-state index is 0.257. The number of rotatable bonds is 6. The monoisotopic (exact) mass is 225 g/mol. The predicted molar refractivity (Wildman–Crippen MR) is 64.1 cm³/mol. The van der Waals surface area contributed by atoms with Crippen molar-refractivity contribution in [3.05, 3.63) is 11.7 Å². The van der Waals surface area contributed by atoms with E-state index in [-0.39, 0.29) is 5.92 Å². The third kappa shape index (κ3) is 3.30. The summed E-state index contributed by atoms with van der Waals surface area (Å²) in [6.07, 6.45) is 4.40. The lowest BCUT2D eigenvalue weighted by atomic mass is 9.95. The van der Waals surface area contributed by atoms with E-state index in [0.29, 0.717) is 11.7 Å². The molecule has 4 heteroatoms. The van der Waals surface area contributed by atoms with Crippen LogP contribution in [0, 0.1) is 0 Å². The minimum Gasteiger partial charge on any atom is -0.339 e. The first-order chi connectivity index (χ1) is 7.47. The van der Waals surface area contributed by atoms with Crippen LogP contribution >= 0.6 is 0 Å². The van der Waals surface area contributed by atoms with Gasteiger partial charge in [-0.1, -0.05) is 45.2 Å². The zero-order valence-corrected chi connectivity index (χ0v) is 10.8. The van der Waals surface area contributed by atoms with Crippen molar-refractivity contribution < 1.29 is 4.52 Å². The van der Waals surface area contributed by atoms with Crippen LogP contribution in [0.5, 0.6) is 0 Å². The highest BCUT2D eigenvalue weighted by Crippen LogP contribution is 2.23. The Labute approximate surface area is 97.6 Å². The van der Waals surface area contributed by atoms with Crippen molar-refractivity contribution >= 4 is 0 Å². The van der Waals surface area contributed by atoms with Crippen LogP contribution in [0.15, 0.2) is 4.52 Å². The van der Waals surface area contributed by atoms with E-state index in [9.17, 15) is 0 Å². The fourth-order valence-corrected chi connectivity index (χ4v) is 1.56. The summed E-state index contributed by atoms with van der Waals surface area (Å²) in [7, 11) is 0. The SMILES string of the molecule is CCCCCC(C)(N)c1noc(C(C)C)n1. The van der Waals surface area contributed by atoms with Gasteiger partial charge in [0.1, 0.15) is 0 Å². The van der Waals surface area contributed by atoms with E-state index < -0.39 is 5.54 Å². The van der Waals surface area contributed by atoms with Crippen LogP contribution in [0.3, 0.4) is 0 Å². The Morgan fingerprint density at radius 3 is 2.56 bits per heavy atom. The third-order valence-corrected chi connectivity index (χ3v) is 2.75. The van der Waals surface area contributed by atoms with Crippen molar-refractivity contribution in [2.75, 3.05) is 0 Å². The van der Waals surface area contributed by atoms with E-state index in [0.717, 1.165) is 12.8 Å². The van der Waals surface area contributed by atoms with E-state index in [2.05, 4.69) is 17.1 Å². The fraction of sp³-hybridized carbons (Fsp3) is 0.833. The number of nitrogens with two attached hydrogens (primary N) is 1. The summed E-state index contributed by atoms with van der Waals surface area (Å²) in [6.45, 7) is 8.21. The molecule has 0 saturated heterocycles. The molecular weight excluding hydrogens is 202 g/mol. The lowest BCUT2D eigenvalue weighted by molar-refractivity contribution is 0.337. The highest BCUT2D eigenvalue weighted by Gasteiger charge is 2.27. The van der Waals surface area contributed by atoms with Crippen molar-refractivity contribution in [2.45, 2.75) is 64.8 Å². The van der Waals surface area contributed by atoms with Gasteiger partial charge in [-0.2, -0.15) is 4.98 Å². The molecule has 4 nitrogen and oxygen atoms in total. The molecule has 1 aromatic heterocycles. The van der Waals surface area contributed by atoms with Gasteiger partial charge < -0.3 is 10.3 Å². The summed E-state index contributed by atoms with van der Waals surface area (Å²) < 4.78 is 5.18. The Hall–Kier alpha value is -0.900. The molecule has 0 aliphatic carbocycles. The molecule has 0 aliphatic rings. The first kappa shape index (κ1) is 13.2. The molecule has 1 rings (SSSR count). The molecule has 0 aliphatic heterocycles. The Balaban J connectivity index is 2.65. The second-order valence-corrected chi connectivity index (χ2v) is 4.99. The summed E-state index contributed by atoms with van der Waals surface area (Å²) >= 11 is 0. The lowest BCUT2D eigenvalue weighted by Crippen LogP contribution is -2.34. The van der Waals surface area contributed by atoms with Crippen molar-refractivity contribution in [2.24, 2.45) is 5.73 Å².